The summed E-state index contributed by atoms with van der Waals surface area (Å²) in [4.78, 5) is 0.771. The van der Waals surface area contributed by atoms with E-state index in [4.69, 9.17) is 11.6 Å². The molecular formula is C13H12ClOS+. The summed E-state index contributed by atoms with van der Waals surface area (Å²) in [6.45, 7) is 0. The normalized spacial score (nSPS) is 8.81. The lowest BCUT2D eigenvalue weighted by Crippen LogP contribution is -1.71. The molecule has 0 unspecified atom stereocenters. The third kappa shape index (κ3) is 5.01. The molecule has 0 aromatic heterocycles. The number of hydrogen-bond acceptors (Lipinski definition) is 1. The van der Waals surface area contributed by atoms with Gasteiger partial charge in [-0.05, 0) is 5.56 Å². The van der Waals surface area contributed by atoms with Crippen LogP contribution in [0.15, 0.2) is 65.6 Å². The van der Waals surface area contributed by atoms with E-state index >= 15 is 0 Å². The average Bonchev–Trinajstić information content (AvgIpc) is 2.41. The Labute approximate surface area is 105 Å². The quantitative estimate of drug-likeness (QED) is 0.584. The van der Waals surface area contributed by atoms with Gasteiger partial charge in [0, 0.05) is 22.2 Å². The molecule has 0 aliphatic rings. The van der Waals surface area contributed by atoms with Crippen molar-refractivity contribution in [3.8, 4) is 0 Å². The molecule has 0 fully saturated rings. The van der Waals surface area contributed by atoms with E-state index < -0.39 is 0 Å². The lowest BCUT2D eigenvalue weighted by atomic mass is 10.2. The first-order valence-corrected chi connectivity index (χ1v) is 6.09. The Bertz CT molecular complexity index is 403. The van der Waals surface area contributed by atoms with E-state index in [1.54, 1.807) is 12.1 Å². The summed E-state index contributed by atoms with van der Waals surface area (Å²) < 4.78 is 10.0. The van der Waals surface area contributed by atoms with Crippen LogP contribution in [0.1, 0.15) is 5.56 Å². The minimum absolute atomic E-state index is 0.519. The molecule has 3 heteroatoms. The molecule has 0 amide bonds. The van der Waals surface area contributed by atoms with Crippen LogP contribution in [0.4, 0.5) is 0 Å². The lowest BCUT2D eigenvalue weighted by molar-refractivity contribution is 0.605. The fraction of sp³-hybridized carbons (Fsp3) is 0.0769. The van der Waals surface area contributed by atoms with E-state index in [-0.39, 0.29) is 0 Å². The Hall–Kier alpha value is -1.25. The number of alkyl halides is 1. The predicted molar refractivity (Wildman–Crippen MR) is 68.8 cm³/mol. The van der Waals surface area contributed by atoms with Gasteiger partial charge in [0.1, 0.15) is 0 Å². The summed E-state index contributed by atoms with van der Waals surface area (Å²) in [6, 6.07) is 19.1. The van der Waals surface area contributed by atoms with Gasteiger partial charge in [-0.25, -0.2) is 0 Å². The van der Waals surface area contributed by atoms with Crippen molar-refractivity contribution in [2.75, 3.05) is 0 Å². The molecule has 2 rings (SSSR count). The highest BCUT2D eigenvalue weighted by molar-refractivity contribution is 7.65. The van der Waals surface area contributed by atoms with Gasteiger partial charge in [-0.1, -0.05) is 48.5 Å². The van der Waals surface area contributed by atoms with Crippen LogP contribution in [-0.2, 0) is 21.8 Å². The Kier molecular flexibility index (Phi) is 6.38. The van der Waals surface area contributed by atoms with Crippen molar-refractivity contribution in [1.82, 2.24) is 0 Å². The molecule has 16 heavy (non-hydrogen) atoms. The van der Waals surface area contributed by atoms with Crippen LogP contribution in [0, 0.1) is 0 Å². The first kappa shape index (κ1) is 12.8. The molecule has 0 bridgehead atoms. The standard InChI is InChI=1S/C7H7Cl.C6H5OS/c8-6-7-4-2-1-3-5-7;7-8-6-4-2-1-3-5-6/h1-5H,6H2;1-5H/q;+1. The molecule has 0 saturated carbocycles. The summed E-state index contributed by atoms with van der Waals surface area (Å²) in [5, 5.41) is 0. The number of halogens is 1. The zero-order valence-corrected chi connectivity index (χ0v) is 10.2. The third-order valence-electron chi connectivity index (χ3n) is 1.84. The molecule has 0 radical (unpaired) electrons. The minimum Gasteiger partial charge on any atom is -0.122 e. The van der Waals surface area contributed by atoms with Crippen LogP contribution in [0.3, 0.4) is 0 Å². The second-order valence-electron chi connectivity index (χ2n) is 3.02. The Morgan fingerprint density at radius 1 is 0.875 bits per heavy atom. The Balaban J connectivity index is 0.000000160. The predicted octanol–water partition coefficient (Wildman–Crippen LogP) is 3.90. The number of rotatable bonds is 2. The summed E-state index contributed by atoms with van der Waals surface area (Å²) in [5.74, 6) is 0.612. The van der Waals surface area contributed by atoms with E-state index in [0.29, 0.717) is 17.5 Å². The van der Waals surface area contributed by atoms with Crippen molar-refractivity contribution in [2.24, 2.45) is 0 Å². The summed E-state index contributed by atoms with van der Waals surface area (Å²) in [5.41, 5.74) is 1.18. The van der Waals surface area contributed by atoms with Crippen molar-refractivity contribution in [1.29, 1.82) is 0 Å². The highest BCUT2D eigenvalue weighted by Gasteiger charge is 1.99. The fourth-order valence-electron chi connectivity index (χ4n) is 1.04. The van der Waals surface area contributed by atoms with Crippen LogP contribution in [-0.4, -0.2) is 0 Å². The molecule has 82 valence electrons. The summed E-state index contributed by atoms with van der Waals surface area (Å²) in [6.07, 6.45) is 0. The van der Waals surface area contributed by atoms with Gasteiger partial charge >= 0.3 is 11.7 Å². The van der Waals surface area contributed by atoms with Crippen LogP contribution < -0.4 is 0 Å². The molecular weight excluding hydrogens is 240 g/mol. The Morgan fingerprint density at radius 3 is 1.69 bits per heavy atom. The first-order valence-electron chi connectivity index (χ1n) is 4.81. The van der Waals surface area contributed by atoms with Gasteiger partial charge in [0.2, 0.25) is 0 Å². The SMILES string of the molecule is ClCc1ccccc1.O=[S+]c1ccccc1. The van der Waals surface area contributed by atoms with Gasteiger partial charge in [-0.2, -0.15) is 0 Å². The molecule has 1 nitrogen and oxygen atoms in total. The molecule has 2 aromatic rings. The van der Waals surface area contributed by atoms with Gasteiger partial charge in [-0.15, -0.1) is 11.6 Å². The number of benzene rings is 2. The topological polar surface area (TPSA) is 17.1 Å². The maximum absolute atomic E-state index is 10.0. The van der Waals surface area contributed by atoms with Crippen LogP contribution in [0.2, 0.25) is 0 Å². The Morgan fingerprint density at radius 2 is 1.38 bits per heavy atom. The van der Waals surface area contributed by atoms with Crippen molar-refractivity contribution in [3.05, 3.63) is 66.2 Å². The molecule has 0 saturated heterocycles. The largest absolute Gasteiger partial charge is 0.505 e. The molecule has 0 N–H and O–H groups in total. The minimum atomic E-state index is 0.519. The van der Waals surface area contributed by atoms with Gasteiger partial charge < -0.3 is 0 Å². The first-order chi connectivity index (χ1) is 7.86. The van der Waals surface area contributed by atoms with E-state index in [1.807, 2.05) is 48.5 Å². The van der Waals surface area contributed by atoms with E-state index in [0.717, 1.165) is 4.90 Å². The van der Waals surface area contributed by atoms with E-state index in [2.05, 4.69) is 0 Å². The maximum atomic E-state index is 10.0. The number of hydrogen-bond donors (Lipinski definition) is 0. The smallest absolute Gasteiger partial charge is 0.122 e. The molecule has 0 aliphatic carbocycles. The molecule has 0 spiro atoms. The zero-order valence-electron chi connectivity index (χ0n) is 8.68. The van der Waals surface area contributed by atoms with Gasteiger partial charge in [-0.3, -0.25) is 0 Å². The van der Waals surface area contributed by atoms with Gasteiger partial charge in [0.15, 0.2) is 0 Å². The lowest BCUT2D eigenvalue weighted by Gasteiger charge is -1.88. The summed E-state index contributed by atoms with van der Waals surface area (Å²) in [7, 11) is 0. The van der Waals surface area contributed by atoms with E-state index in [1.165, 1.54) is 5.56 Å². The monoisotopic (exact) mass is 251 g/mol. The van der Waals surface area contributed by atoms with Crippen molar-refractivity contribution < 1.29 is 4.21 Å². The van der Waals surface area contributed by atoms with Crippen molar-refractivity contribution in [2.45, 2.75) is 10.8 Å². The molecule has 0 atom stereocenters. The molecule has 0 heterocycles. The van der Waals surface area contributed by atoms with Gasteiger partial charge in [0.25, 0.3) is 4.90 Å². The van der Waals surface area contributed by atoms with E-state index in [9.17, 15) is 4.21 Å². The third-order valence-corrected chi connectivity index (χ3v) is 2.61. The van der Waals surface area contributed by atoms with Crippen molar-refractivity contribution in [3.63, 3.8) is 0 Å². The average molecular weight is 252 g/mol. The zero-order chi connectivity index (χ0) is 11.6. The maximum Gasteiger partial charge on any atom is 0.505 e. The second kappa shape index (κ2) is 7.97. The van der Waals surface area contributed by atoms with Crippen LogP contribution >= 0.6 is 11.6 Å². The van der Waals surface area contributed by atoms with Crippen molar-refractivity contribution >= 4 is 23.3 Å². The molecule has 2 aromatic carbocycles. The fourth-order valence-corrected chi connectivity index (χ4v) is 1.49. The summed E-state index contributed by atoms with van der Waals surface area (Å²) >= 11 is 6.05. The highest BCUT2D eigenvalue weighted by Crippen LogP contribution is 2.00. The molecule has 0 aliphatic heterocycles. The van der Waals surface area contributed by atoms with Gasteiger partial charge in [0.05, 0.1) is 0 Å². The van der Waals surface area contributed by atoms with Crippen LogP contribution in [0.25, 0.3) is 0 Å². The van der Waals surface area contributed by atoms with Crippen LogP contribution in [0.5, 0.6) is 0 Å². The highest BCUT2D eigenvalue weighted by atomic mass is 35.5. The second-order valence-corrected chi connectivity index (χ2v) is 3.92.